The maximum atomic E-state index is 11.9. The van der Waals surface area contributed by atoms with Crippen LogP contribution in [0.5, 0.6) is 0 Å². The zero-order valence-electron chi connectivity index (χ0n) is 14.5. The molecule has 0 bridgehead atoms. The van der Waals surface area contributed by atoms with Crippen LogP contribution in [-0.2, 0) is 6.54 Å². The molecule has 0 aliphatic carbocycles. The number of aromatic nitrogens is 2. The Hall–Kier alpha value is -2.34. The first-order valence-electron chi connectivity index (χ1n) is 8.25. The Morgan fingerprint density at radius 1 is 1.33 bits per heavy atom. The normalized spacial score (nSPS) is 14.7. The van der Waals surface area contributed by atoms with Crippen LogP contribution in [0, 0.1) is 5.92 Å². The van der Waals surface area contributed by atoms with Gasteiger partial charge in [0, 0.05) is 25.5 Å². The Bertz CT molecular complexity index is 636. The van der Waals surface area contributed by atoms with Crippen LogP contribution < -0.4 is 10.6 Å². The molecule has 0 aliphatic heterocycles. The number of amides is 2. The van der Waals surface area contributed by atoms with Crippen LogP contribution in [0.15, 0.2) is 42.7 Å². The van der Waals surface area contributed by atoms with E-state index < -0.39 is 5.60 Å². The van der Waals surface area contributed by atoms with Gasteiger partial charge in [0.2, 0.25) is 0 Å². The molecule has 0 radical (unpaired) electrons. The minimum atomic E-state index is -0.905. The van der Waals surface area contributed by atoms with Crippen LogP contribution in [0.1, 0.15) is 32.8 Å². The average Bonchev–Trinajstić information content (AvgIpc) is 3.12. The maximum Gasteiger partial charge on any atom is 0.315 e. The summed E-state index contributed by atoms with van der Waals surface area (Å²) in [6.07, 6.45) is 4.47. The number of nitrogens with zero attached hydrogens (tertiary/aromatic N) is 2. The van der Waals surface area contributed by atoms with E-state index in [1.165, 1.54) is 0 Å². The Balaban J connectivity index is 1.79. The van der Waals surface area contributed by atoms with Crippen molar-refractivity contribution in [1.29, 1.82) is 0 Å². The van der Waals surface area contributed by atoms with Crippen LogP contribution in [0.2, 0.25) is 0 Å². The van der Waals surface area contributed by atoms with E-state index in [1.807, 2.05) is 50.4 Å². The van der Waals surface area contributed by atoms with Crippen molar-refractivity contribution in [2.24, 2.45) is 5.92 Å². The fourth-order valence-electron chi connectivity index (χ4n) is 2.31. The Kier molecular flexibility index (Phi) is 5.98. The molecule has 2 amide bonds. The van der Waals surface area contributed by atoms with E-state index in [2.05, 4.69) is 15.7 Å². The maximum absolute atomic E-state index is 11.9. The minimum absolute atomic E-state index is 0.118. The molecule has 2 rings (SSSR count). The van der Waals surface area contributed by atoms with Crippen molar-refractivity contribution in [3.05, 3.63) is 48.3 Å². The molecular weight excluding hydrogens is 304 g/mol. The molecule has 1 aromatic carbocycles. The second kappa shape index (κ2) is 7.97. The van der Waals surface area contributed by atoms with E-state index in [0.29, 0.717) is 6.54 Å². The SMILES string of the molecule is CCC(C)C(C)(O)CNC(=O)NCc1ccc(-n2cccn2)cc1. The zero-order chi connectivity index (χ0) is 17.6. The fourth-order valence-corrected chi connectivity index (χ4v) is 2.31. The van der Waals surface area contributed by atoms with Gasteiger partial charge in [-0.1, -0.05) is 32.4 Å². The molecule has 0 saturated carbocycles. The number of carbonyl (C=O) groups excluding carboxylic acids is 1. The fraction of sp³-hybridized carbons (Fsp3) is 0.444. The van der Waals surface area contributed by atoms with Gasteiger partial charge in [0.25, 0.3) is 0 Å². The smallest absolute Gasteiger partial charge is 0.315 e. The molecule has 0 fully saturated rings. The number of rotatable bonds is 7. The third-order valence-corrected chi connectivity index (χ3v) is 4.44. The van der Waals surface area contributed by atoms with E-state index in [4.69, 9.17) is 0 Å². The summed E-state index contributed by atoms with van der Waals surface area (Å²) in [4.78, 5) is 11.9. The molecule has 24 heavy (non-hydrogen) atoms. The number of benzene rings is 1. The predicted octanol–water partition coefficient (Wildman–Crippen LogP) is 2.47. The van der Waals surface area contributed by atoms with E-state index in [9.17, 15) is 9.90 Å². The van der Waals surface area contributed by atoms with Crippen molar-refractivity contribution >= 4 is 6.03 Å². The number of nitrogens with one attached hydrogen (secondary N) is 2. The van der Waals surface area contributed by atoms with Crippen LogP contribution in [0.4, 0.5) is 4.79 Å². The van der Waals surface area contributed by atoms with Gasteiger partial charge >= 0.3 is 6.03 Å². The predicted molar refractivity (Wildman–Crippen MR) is 93.9 cm³/mol. The first-order chi connectivity index (χ1) is 11.4. The highest BCUT2D eigenvalue weighted by Crippen LogP contribution is 2.18. The summed E-state index contributed by atoms with van der Waals surface area (Å²) in [5.41, 5.74) is 1.06. The van der Waals surface area contributed by atoms with E-state index in [-0.39, 0.29) is 18.5 Å². The molecule has 6 nitrogen and oxygen atoms in total. The summed E-state index contributed by atoms with van der Waals surface area (Å²) in [6, 6.07) is 9.40. The van der Waals surface area contributed by atoms with Gasteiger partial charge < -0.3 is 15.7 Å². The summed E-state index contributed by atoms with van der Waals surface area (Å²) in [5, 5.41) is 20.0. The number of aliphatic hydroxyl groups is 1. The minimum Gasteiger partial charge on any atom is -0.388 e. The number of hydrogen-bond acceptors (Lipinski definition) is 3. The third-order valence-electron chi connectivity index (χ3n) is 4.44. The second-order valence-corrected chi connectivity index (χ2v) is 6.32. The van der Waals surface area contributed by atoms with E-state index in [1.54, 1.807) is 17.8 Å². The van der Waals surface area contributed by atoms with Crippen molar-refractivity contribution in [1.82, 2.24) is 20.4 Å². The number of hydrogen-bond donors (Lipinski definition) is 3. The summed E-state index contributed by atoms with van der Waals surface area (Å²) in [6.45, 7) is 6.39. The van der Waals surface area contributed by atoms with Gasteiger partial charge in [0.05, 0.1) is 11.3 Å². The van der Waals surface area contributed by atoms with E-state index in [0.717, 1.165) is 17.7 Å². The Morgan fingerprint density at radius 3 is 2.62 bits per heavy atom. The molecular formula is C18H26N4O2. The van der Waals surface area contributed by atoms with Crippen LogP contribution in [0.25, 0.3) is 5.69 Å². The molecule has 1 heterocycles. The average molecular weight is 330 g/mol. The monoisotopic (exact) mass is 330 g/mol. The van der Waals surface area contributed by atoms with Crippen molar-refractivity contribution in [3.8, 4) is 5.69 Å². The first-order valence-corrected chi connectivity index (χ1v) is 8.25. The molecule has 3 N–H and O–H groups in total. The van der Waals surface area contributed by atoms with Crippen LogP contribution in [-0.4, -0.2) is 33.1 Å². The van der Waals surface area contributed by atoms with Crippen molar-refractivity contribution in [2.75, 3.05) is 6.54 Å². The molecule has 2 unspecified atom stereocenters. The quantitative estimate of drug-likeness (QED) is 0.730. The van der Waals surface area contributed by atoms with Gasteiger partial charge in [-0.3, -0.25) is 0 Å². The number of carbonyl (C=O) groups is 1. The third kappa shape index (κ3) is 4.83. The topological polar surface area (TPSA) is 79.2 Å². The Morgan fingerprint density at radius 2 is 2.04 bits per heavy atom. The highest BCUT2D eigenvalue weighted by molar-refractivity contribution is 5.73. The second-order valence-electron chi connectivity index (χ2n) is 6.32. The summed E-state index contributed by atoms with van der Waals surface area (Å²) < 4.78 is 1.78. The standard InChI is InChI=1S/C18H26N4O2/c1-4-14(2)18(3,24)13-20-17(23)19-12-15-6-8-16(9-7-15)22-11-5-10-21-22/h5-11,14,24H,4,12-13H2,1-3H3,(H2,19,20,23). The molecule has 130 valence electrons. The summed E-state index contributed by atoms with van der Waals surface area (Å²) >= 11 is 0. The first kappa shape index (κ1) is 18.0. The van der Waals surface area contributed by atoms with Gasteiger partial charge in [-0.25, -0.2) is 9.48 Å². The largest absolute Gasteiger partial charge is 0.388 e. The van der Waals surface area contributed by atoms with Gasteiger partial charge in [-0.05, 0) is 36.6 Å². The van der Waals surface area contributed by atoms with Gasteiger partial charge in [-0.2, -0.15) is 5.10 Å². The van der Waals surface area contributed by atoms with Crippen LogP contribution >= 0.6 is 0 Å². The van der Waals surface area contributed by atoms with Crippen molar-refractivity contribution in [2.45, 2.75) is 39.3 Å². The summed E-state index contributed by atoms with van der Waals surface area (Å²) in [7, 11) is 0. The summed E-state index contributed by atoms with van der Waals surface area (Å²) in [5.74, 6) is 0.118. The molecule has 1 aromatic heterocycles. The molecule has 0 spiro atoms. The van der Waals surface area contributed by atoms with E-state index >= 15 is 0 Å². The number of urea groups is 1. The highest BCUT2D eigenvalue weighted by Gasteiger charge is 2.27. The van der Waals surface area contributed by atoms with Gasteiger partial charge in [0.1, 0.15) is 0 Å². The van der Waals surface area contributed by atoms with Crippen LogP contribution in [0.3, 0.4) is 0 Å². The van der Waals surface area contributed by atoms with Gasteiger partial charge in [0.15, 0.2) is 0 Å². The molecule has 0 saturated heterocycles. The van der Waals surface area contributed by atoms with Gasteiger partial charge in [-0.15, -0.1) is 0 Å². The Labute approximate surface area is 142 Å². The molecule has 6 heteroatoms. The lowest BCUT2D eigenvalue weighted by Gasteiger charge is -2.29. The van der Waals surface area contributed by atoms with Crippen molar-refractivity contribution < 1.29 is 9.90 Å². The lowest BCUT2D eigenvalue weighted by atomic mass is 9.89. The highest BCUT2D eigenvalue weighted by atomic mass is 16.3. The zero-order valence-corrected chi connectivity index (χ0v) is 14.5. The lowest BCUT2D eigenvalue weighted by Crippen LogP contribution is -2.47. The molecule has 2 aromatic rings. The lowest BCUT2D eigenvalue weighted by molar-refractivity contribution is 0.00790. The molecule has 0 aliphatic rings. The molecule has 2 atom stereocenters. The van der Waals surface area contributed by atoms with Crippen molar-refractivity contribution in [3.63, 3.8) is 0 Å².